The van der Waals surface area contributed by atoms with Crippen molar-refractivity contribution in [2.75, 3.05) is 6.54 Å². The zero-order valence-corrected chi connectivity index (χ0v) is 6.61. The summed E-state index contributed by atoms with van der Waals surface area (Å²) in [4.78, 5) is 11.2. The van der Waals surface area contributed by atoms with E-state index >= 15 is 0 Å². The van der Waals surface area contributed by atoms with E-state index in [0.29, 0.717) is 0 Å². The number of hydrogen-bond acceptors (Lipinski definition) is 1. The van der Waals surface area contributed by atoms with Crippen molar-refractivity contribution in [2.45, 2.75) is 19.8 Å². The van der Waals surface area contributed by atoms with Crippen LogP contribution in [0.3, 0.4) is 0 Å². The number of hydrogen-bond donors (Lipinski definition) is 1. The molecule has 0 radical (unpaired) electrons. The molecule has 0 aromatic carbocycles. The highest BCUT2D eigenvalue weighted by molar-refractivity contribution is 5.97. The van der Waals surface area contributed by atoms with Gasteiger partial charge in [-0.25, -0.2) is 0 Å². The summed E-state index contributed by atoms with van der Waals surface area (Å²) >= 11 is 0. The zero-order chi connectivity index (χ0) is 7.84. The predicted octanol–water partition coefficient (Wildman–Crippen LogP) is 1.15. The van der Waals surface area contributed by atoms with Crippen LogP contribution in [0.5, 0.6) is 0 Å². The first-order valence-electron chi connectivity index (χ1n) is 3.95. The topological polar surface area (TPSA) is 29.1 Å². The average molecular weight is 149 g/mol. The van der Waals surface area contributed by atoms with Crippen molar-refractivity contribution in [3.05, 3.63) is 22.8 Å². The lowest BCUT2D eigenvalue weighted by Crippen LogP contribution is -2.30. The summed E-state index contributed by atoms with van der Waals surface area (Å²) in [6.45, 7) is 2.88. The molecule has 1 amide bonds. The SMILES string of the molecule is CC1=CC2=C(C1)C(=O)NCC2. The van der Waals surface area contributed by atoms with Crippen LogP contribution in [0.1, 0.15) is 19.8 Å². The highest BCUT2D eigenvalue weighted by atomic mass is 16.1. The fourth-order valence-corrected chi connectivity index (χ4v) is 1.69. The van der Waals surface area contributed by atoms with E-state index in [1.807, 2.05) is 0 Å². The standard InChI is InChI=1S/C9H11NO/c1-6-4-7-2-3-10-9(11)8(7)5-6/h4H,2-3,5H2,1H3,(H,10,11). The summed E-state index contributed by atoms with van der Waals surface area (Å²) in [6, 6.07) is 0. The maximum absolute atomic E-state index is 11.2. The van der Waals surface area contributed by atoms with Gasteiger partial charge in [-0.1, -0.05) is 11.6 Å². The van der Waals surface area contributed by atoms with E-state index in [1.54, 1.807) is 0 Å². The molecule has 0 atom stereocenters. The van der Waals surface area contributed by atoms with Crippen LogP contribution in [0.2, 0.25) is 0 Å². The minimum atomic E-state index is 0.138. The number of allylic oxidation sites excluding steroid dienone is 2. The molecular weight excluding hydrogens is 138 g/mol. The number of carbonyl (C=O) groups excluding carboxylic acids is 1. The molecule has 0 fully saturated rings. The van der Waals surface area contributed by atoms with E-state index < -0.39 is 0 Å². The smallest absolute Gasteiger partial charge is 0.247 e. The second-order valence-electron chi connectivity index (χ2n) is 3.18. The maximum Gasteiger partial charge on any atom is 0.247 e. The van der Waals surface area contributed by atoms with Crippen molar-refractivity contribution < 1.29 is 4.79 Å². The van der Waals surface area contributed by atoms with Crippen molar-refractivity contribution >= 4 is 5.91 Å². The van der Waals surface area contributed by atoms with Crippen LogP contribution in [0.4, 0.5) is 0 Å². The van der Waals surface area contributed by atoms with Crippen LogP contribution in [-0.4, -0.2) is 12.5 Å². The Labute approximate surface area is 66.0 Å². The Morgan fingerprint density at radius 2 is 2.36 bits per heavy atom. The molecule has 58 valence electrons. The van der Waals surface area contributed by atoms with Crippen LogP contribution < -0.4 is 5.32 Å². The van der Waals surface area contributed by atoms with Crippen LogP contribution in [0.25, 0.3) is 0 Å². The monoisotopic (exact) mass is 149 g/mol. The second kappa shape index (κ2) is 2.22. The molecule has 2 rings (SSSR count). The Hall–Kier alpha value is -1.05. The third-order valence-corrected chi connectivity index (χ3v) is 2.22. The lowest BCUT2D eigenvalue weighted by Gasteiger charge is -2.13. The summed E-state index contributed by atoms with van der Waals surface area (Å²) in [5, 5.41) is 2.84. The van der Waals surface area contributed by atoms with Gasteiger partial charge in [-0.05, 0) is 25.3 Å². The number of rotatable bonds is 0. The lowest BCUT2D eigenvalue weighted by molar-refractivity contribution is -0.117. The van der Waals surface area contributed by atoms with Crippen molar-refractivity contribution in [1.82, 2.24) is 5.32 Å². The van der Waals surface area contributed by atoms with Crippen LogP contribution in [0.15, 0.2) is 22.8 Å². The minimum absolute atomic E-state index is 0.138. The van der Waals surface area contributed by atoms with E-state index in [2.05, 4.69) is 18.3 Å². The Morgan fingerprint density at radius 1 is 1.55 bits per heavy atom. The molecule has 1 heterocycles. The third kappa shape index (κ3) is 0.985. The van der Waals surface area contributed by atoms with Crippen LogP contribution in [0, 0.1) is 0 Å². The van der Waals surface area contributed by atoms with Gasteiger partial charge < -0.3 is 5.32 Å². The minimum Gasteiger partial charge on any atom is -0.352 e. The van der Waals surface area contributed by atoms with Gasteiger partial charge in [0.1, 0.15) is 0 Å². The van der Waals surface area contributed by atoms with E-state index in [4.69, 9.17) is 0 Å². The van der Waals surface area contributed by atoms with Gasteiger partial charge in [-0.3, -0.25) is 4.79 Å². The Balaban J connectivity index is 2.33. The van der Waals surface area contributed by atoms with Crippen molar-refractivity contribution in [3.8, 4) is 0 Å². The van der Waals surface area contributed by atoms with E-state index in [0.717, 1.165) is 25.0 Å². The summed E-state index contributed by atoms with van der Waals surface area (Å²) in [7, 11) is 0. The third-order valence-electron chi connectivity index (χ3n) is 2.22. The molecule has 2 heteroatoms. The molecule has 0 bridgehead atoms. The molecule has 0 spiro atoms. The van der Waals surface area contributed by atoms with Gasteiger partial charge in [-0.15, -0.1) is 0 Å². The molecule has 0 aromatic heterocycles. The molecule has 2 aliphatic rings. The fourth-order valence-electron chi connectivity index (χ4n) is 1.69. The van der Waals surface area contributed by atoms with Crippen LogP contribution in [-0.2, 0) is 4.79 Å². The highest BCUT2D eigenvalue weighted by Crippen LogP contribution is 2.28. The molecule has 0 unspecified atom stereocenters. The summed E-state index contributed by atoms with van der Waals surface area (Å²) in [5.74, 6) is 0.138. The van der Waals surface area contributed by atoms with Gasteiger partial charge in [0.25, 0.3) is 0 Å². The molecule has 0 saturated heterocycles. The number of amides is 1. The molecule has 2 nitrogen and oxygen atoms in total. The van der Waals surface area contributed by atoms with Gasteiger partial charge >= 0.3 is 0 Å². The van der Waals surface area contributed by atoms with Gasteiger partial charge in [-0.2, -0.15) is 0 Å². The average Bonchev–Trinajstić information content (AvgIpc) is 2.31. The summed E-state index contributed by atoms with van der Waals surface area (Å²) in [5.41, 5.74) is 3.56. The summed E-state index contributed by atoms with van der Waals surface area (Å²) in [6.07, 6.45) is 4.02. The second-order valence-corrected chi connectivity index (χ2v) is 3.18. The molecule has 0 aromatic rings. The van der Waals surface area contributed by atoms with Gasteiger partial charge in [0.2, 0.25) is 5.91 Å². The van der Waals surface area contributed by atoms with Crippen molar-refractivity contribution in [3.63, 3.8) is 0 Å². The first-order valence-corrected chi connectivity index (χ1v) is 3.95. The maximum atomic E-state index is 11.2. The predicted molar refractivity (Wildman–Crippen MR) is 43.0 cm³/mol. The van der Waals surface area contributed by atoms with E-state index in [9.17, 15) is 4.79 Å². The lowest BCUT2D eigenvalue weighted by atomic mass is 10.0. The van der Waals surface area contributed by atoms with Gasteiger partial charge in [0.15, 0.2) is 0 Å². The first kappa shape index (κ1) is 6.65. The zero-order valence-electron chi connectivity index (χ0n) is 6.61. The fraction of sp³-hybridized carbons (Fsp3) is 0.444. The summed E-state index contributed by atoms with van der Waals surface area (Å²) < 4.78 is 0. The van der Waals surface area contributed by atoms with E-state index in [-0.39, 0.29) is 5.91 Å². The Kier molecular flexibility index (Phi) is 1.34. The Bertz CT molecular complexity index is 273. The van der Waals surface area contributed by atoms with Crippen LogP contribution >= 0.6 is 0 Å². The highest BCUT2D eigenvalue weighted by Gasteiger charge is 2.22. The molecule has 1 aliphatic heterocycles. The van der Waals surface area contributed by atoms with Gasteiger partial charge in [0.05, 0.1) is 0 Å². The van der Waals surface area contributed by atoms with Gasteiger partial charge in [0, 0.05) is 12.1 Å². The Morgan fingerprint density at radius 3 is 3.09 bits per heavy atom. The number of carbonyl (C=O) groups is 1. The normalized spacial score (nSPS) is 23.0. The molecule has 0 saturated carbocycles. The van der Waals surface area contributed by atoms with E-state index in [1.165, 1.54) is 11.1 Å². The molecule has 1 N–H and O–H groups in total. The molecule has 11 heavy (non-hydrogen) atoms. The first-order chi connectivity index (χ1) is 5.27. The molecular formula is C9H11NO. The molecule has 1 aliphatic carbocycles. The quantitative estimate of drug-likeness (QED) is 0.550. The van der Waals surface area contributed by atoms with Crippen molar-refractivity contribution in [2.24, 2.45) is 0 Å². The number of nitrogens with one attached hydrogen (secondary N) is 1. The largest absolute Gasteiger partial charge is 0.352 e. The van der Waals surface area contributed by atoms with Crippen molar-refractivity contribution in [1.29, 1.82) is 0 Å².